The molecule has 0 aliphatic carbocycles. The van der Waals surface area contributed by atoms with Crippen LogP contribution in [0.15, 0.2) is 34.6 Å². The number of nitrogens with two attached hydrogens (primary N) is 1. The van der Waals surface area contributed by atoms with Crippen LogP contribution in [-0.2, 0) is 11.3 Å². The summed E-state index contributed by atoms with van der Waals surface area (Å²) >= 11 is 1.46. The van der Waals surface area contributed by atoms with E-state index in [1.807, 2.05) is 23.1 Å². The lowest BCUT2D eigenvalue weighted by Crippen LogP contribution is -2.39. The van der Waals surface area contributed by atoms with Crippen molar-refractivity contribution >= 4 is 35.2 Å². The average molecular weight is 443 g/mol. The number of nitrogen functional groups attached to an aromatic ring is 1. The lowest BCUT2D eigenvalue weighted by molar-refractivity contribution is -0.121. The van der Waals surface area contributed by atoms with E-state index in [9.17, 15) is 4.79 Å². The van der Waals surface area contributed by atoms with E-state index in [0.29, 0.717) is 23.5 Å². The van der Waals surface area contributed by atoms with Crippen LogP contribution in [0.2, 0.25) is 0 Å². The van der Waals surface area contributed by atoms with Gasteiger partial charge in [-0.2, -0.15) is 0 Å². The van der Waals surface area contributed by atoms with Crippen LogP contribution >= 0.6 is 11.8 Å². The Labute approximate surface area is 185 Å². The molecule has 1 atom stereocenters. The molecule has 9 nitrogen and oxygen atoms in total. The maximum absolute atomic E-state index is 11.5. The number of fused-ring (bicyclic) bond motifs is 1. The first-order valence-corrected chi connectivity index (χ1v) is 11.0. The maximum atomic E-state index is 11.5. The summed E-state index contributed by atoms with van der Waals surface area (Å²) in [5, 5.41) is 0.738. The molecule has 1 unspecified atom stereocenters. The molecule has 0 bridgehead atoms. The highest BCUT2D eigenvalue weighted by Crippen LogP contribution is 2.38. The second-order valence-electron chi connectivity index (χ2n) is 7.38. The van der Waals surface area contributed by atoms with E-state index in [0.717, 1.165) is 60.2 Å². The third-order valence-electron chi connectivity index (χ3n) is 5.59. The van der Waals surface area contributed by atoms with Crippen molar-refractivity contribution in [3.63, 3.8) is 0 Å². The van der Waals surface area contributed by atoms with E-state index in [2.05, 4.69) is 14.5 Å². The van der Waals surface area contributed by atoms with Crippen molar-refractivity contribution in [3.05, 3.63) is 24.5 Å². The van der Waals surface area contributed by atoms with Crippen molar-refractivity contribution in [1.82, 2.24) is 24.4 Å². The average Bonchev–Trinajstić information content (AvgIpc) is 3.16. The monoisotopic (exact) mass is 442 g/mol. The molecule has 1 aromatic carbocycles. The number of benzene rings is 1. The van der Waals surface area contributed by atoms with Gasteiger partial charge in [-0.05, 0) is 55.6 Å². The Bertz CT molecular complexity index is 1070. The highest BCUT2D eigenvalue weighted by molar-refractivity contribution is 7.99. The zero-order valence-electron chi connectivity index (χ0n) is 17.7. The minimum atomic E-state index is 0.215. The summed E-state index contributed by atoms with van der Waals surface area (Å²) in [6.07, 6.45) is 6.44. The Morgan fingerprint density at radius 2 is 2.13 bits per heavy atom. The van der Waals surface area contributed by atoms with E-state index in [1.165, 1.54) is 18.1 Å². The topological polar surface area (TPSA) is 108 Å². The van der Waals surface area contributed by atoms with Gasteiger partial charge >= 0.3 is 0 Å². The normalized spacial score (nSPS) is 16.5. The smallest absolute Gasteiger partial charge is 0.209 e. The summed E-state index contributed by atoms with van der Waals surface area (Å²) in [6, 6.07) is 5.85. The summed E-state index contributed by atoms with van der Waals surface area (Å²) in [5.41, 5.74) is 7.34. The van der Waals surface area contributed by atoms with Gasteiger partial charge in [0.25, 0.3) is 0 Å². The lowest BCUT2D eigenvalue weighted by atomic mass is 10.00. The largest absolute Gasteiger partial charge is 0.497 e. The van der Waals surface area contributed by atoms with Crippen LogP contribution in [0.5, 0.6) is 11.5 Å². The molecule has 1 fully saturated rings. The first kappa shape index (κ1) is 21.2. The zero-order valence-corrected chi connectivity index (χ0v) is 18.5. The minimum Gasteiger partial charge on any atom is -0.497 e. The Kier molecular flexibility index (Phi) is 6.45. The third-order valence-corrected chi connectivity index (χ3v) is 6.62. The molecule has 2 N–H and O–H groups in total. The van der Waals surface area contributed by atoms with Gasteiger partial charge in [0, 0.05) is 19.1 Å². The van der Waals surface area contributed by atoms with Crippen LogP contribution in [0.3, 0.4) is 0 Å². The lowest BCUT2D eigenvalue weighted by Gasteiger charge is -2.32. The molecule has 3 aromatic rings. The number of ether oxygens (including phenoxy) is 2. The van der Waals surface area contributed by atoms with Gasteiger partial charge in [0.05, 0.1) is 19.1 Å². The Balaban J connectivity index is 1.68. The zero-order chi connectivity index (χ0) is 21.8. The van der Waals surface area contributed by atoms with Crippen LogP contribution in [0.4, 0.5) is 5.82 Å². The van der Waals surface area contributed by atoms with Crippen LogP contribution < -0.4 is 15.2 Å². The van der Waals surface area contributed by atoms with E-state index < -0.39 is 0 Å². The van der Waals surface area contributed by atoms with Gasteiger partial charge in [0.2, 0.25) is 6.41 Å². The predicted molar refractivity (Wildman–Crippen MR) is 118 cm³/mol. The summed E-state index contributed by atoms with van der Waals surface area (Å²) in [4.78, 5) is 27.5. The number of hydrogen-bond acceptors (Lipinski definition) is 8. The van der Waals surface area contributed by atoms with Crippen LogP contribution in [-0.4, -0.2) is 57.6 Å². The second-order valence-corrected chi connectivity index (χ2v) is 8.39. The van der Waals surface area contributed by atoms with Crippen molar-refractivity contribution < 1.29 is 14.3 Å². The summed E-state index contributed by atoms with van der Waals surface area (Å²) in [6.45, 7) is 1.48. The summed E-state index contributed by atoms with van der Waals surface area (Å²) in [5.74, 6) is 1.80. The van der Waals surface area contributed by atoms with Gasteiger partial charge in [-0.1, -0.05) is 0 Å². The number of amides is 1. The first-order valence-electron chi connectivity index (χ1n) is 10.2. The number of carbonyl (C=O) groups is 1. The molecule has 0 radical (unpaired) electrons. The Morgan fingerprint density at radius 3 is 2.90 bits per heavy atom. The minimum absolute atomic E-state index is 0.215. The third kappa shape index (κ3) is 4.39. The highest BCUT2D eigenvalue weighted by Gasteiger charge is 2.23. The molecule has 164 valence electrons. The van der Waals surface area contributed by atoms with E-state index >= 15 is 0 Å². The number of aromatic nitrogens is 4. The van der Waals surface area contributed by atoms with Crippen molar-refractivity contribution in [1.29, 1.82) is 0 Å². The number of likely N-dealkylation sites (tertiary alicyclic amines) is 1. The number of anilines is 1. The number of hydrogen-bond donors (Lipinski definition) is 1. The molecule has 10 heteroatoms. The van der Waals surface area contributed by atoms with E-state index in [-0.39, 0.29) is 6.04 Å². The number of nitrogens with zero attached hydrogens (tertiary/aromatic N) is 5. The van der Waals surface area contributed by atoms with Gasteiger partial charge in [-0.25, -0.2) is 15.0 Å². The quantitative estimate of drug-likeness (QED) is 0.531. The SMILES string of the molecule is COc1ccc(OC)c(Sc2nc3c(N)ncnc3n2CCC2CCCCN2C=O)c1. The molecule has 4 rings (SSSR count). The maximum Gasteiger partial charge on any atom is 0.209 e. The van der Waals surface area contributed by atoms with Crippen molar-refractivity contribution in [2.24, 2.45) is 0 Å². The number of carbonyl (C=O) groups excluding carboxylic acids is 1. The molecule has 31 heavy (non-hydrogen) atoms. The molecule has 1 aliphatic heterocycles. The fourth-order valence-electron chi connectivity index (χ4n) is 3.93. The molecule has 0 saturated carbocycles. The molecule has 0 spiro atoms. The molecule has 1 amide bonds. The standard InChI is InChI=1S/C21H26N6O3S/c1-29-15-6-7-16(30-2)17(11-15)31-21-25-18-19(22)23-12-24-20(18)27(21)10-8-14-5-3-4-9-26(14)13-28/h6-7,11-14H,3-5,8-10H2,1-2H3,(H2,22,23,24). The molecular formula is C21H26N6O3S. The van der Waals surface area contributed by atoms with Gasteiger partial charge < -0.3 is 24.7 Å². The van der Waals surface area contributed by atoms with Crippen molar-refractivity contribution in [2.45, 2.75) is 48.3 Å². The summed E-state index contributed by atoms with van der Waals surface area (Å²) in [7, 11) is 3.26. The second kappa shape index (κ2) is 9.42. The number of piperidine rings is 1. The number of aryl methyl sites for hydroxylation is 1. The van der Waals surface area contributed by atoms with Crippen LogP contribution in [0, 0.1) is 0 Å². The van der Waals surface area contributed by atoms with Gasteiger partial charge in [-0.15, -0.1) is 0 Å². The fraction of sp³-hybridized carbons (Fsp3) is 0.429. The molecule has 3 heterocycles. The molecule has 1 aliphatic rings. The van der Waals surface area contributed by atoms with Crippen molar-refractivity contribution in [2.75, 3.05) is 26.5 Å². The van der Waals surface area contributed by atoms with Gasteiger partial charge in [0.1, 0.15) is 17.8 Å². The first-order chi connectivity index (χ1) is 15.1. The Morgan fingerprint density at radius 1 is 1.26 bits per heavy atom. The van der Waals surface area contributed by atoms with E-state index in [4.69, 9.17) is 20.2 Å². The highest BCUT2D eigenvalue weighted by atomic mass is 32.2. The number of rotatable bonds is 8. The van der Waals surface area contributed by atoms with Gasteiger partial charge in [-0.3, -0.25) is 4.79 Å². The van der Waals surface area contributed by atoms with E-state index in [1.54, 1.807) is 14.2 Å². The number of imidazole rings is 1. The van der Waals surface area contributed by atoms with Crippen molar-refractivity contribution in [3.8, 4) is 11.5 Å². The van der Waals surface area contributed by atoms with Crippen LogP contribution in [0.25, 0.3) is 11.2 Å². The van der Waals surface area contributed by atoms with Crippen LogP contribution in [0.1, 0.15) is 25.7 Å². The predicted octanol–water partition coefficient (Wildman–Crippen LogP) is 2.98. The molecule has 2 aromatic heterocycles. The molecule has 1 saturated heterocycles. The summed E-state index contributed by atoms with van der Waals surface area (Å²) < 4.78 is 13.0. The Hall–Kier alpha value is -3.01. The van der Waals surface area contributed by atoms with Gasteiger partial charge in [0.15, 0.2) is 22.1 Å². The molecular weight excluding hydrogens is 416 g/mol. The fourth-order valence-corrected chi connectivity index (χ4v) is 4.97. The number of methoxy groups -OCH3 is 2.